The number of anilines is 1. The van der Waals surface area contributed by atoms with Gasteiger partial charge in [0.1, 0.15) is 0 Å². The number of hydrogen-bond donors (Lipinski definition) is 1. The Hall–Kier alpha value is -2.75. The zero-order valence-electron chi connectivity index (χ0n) is 10.2. The molecule has 2 heterocycles. The average molecular weight is 248 g/mol. The van der Waals surface area contributed by atoms with E-state index in [1.807, 2.05) is 48.5 Å². The van der Waals surface area contributed by atoms with Crippen molar-refractivity contribution in [2.24, 2.45) is 0 Å². The van der Waals surface area contributed by atoms with Crippen molar-refractivity contribution < 1.29 is 0 Å². The van der Waals surface area contributed by atoms with Crippen molar-refractivity contribution in [3.63, 3.8) is 0 Å². The van der Waals surface area contributed by atoms with Gasteiger partial charge in [0, 0.05) is 23.5 Å². The SMILES string of the molecule is Nc1nc(-c2ccccc2)cc(-c2cccnc2)n1. The lowest BCUT2D eigenvalue weighted by Gasteiger charge is -2.05. The molecule has 2 N–H and O–H groups in total. The summed E-state index contributed by atoms with van der Waals surface area (Å²) in [6, 6.07) is 15.6. The number of rotatable bonds is 2. The van der Waals surface area contributed by atoms with Crippen LogP contribution in [0.15, 0.2) is 60.9 Å². The van der Waals surface area contributed by atoms with Gasteiger partial charge in [-0.1, -0.05) is 30.3 Å². The Morgan fingerprint density at radius 1 is 0.789 bits per heavy atom. The van der Waals surface area contributed by atoms with Crippen molar-refractivity contribution in [2.75, 3.05) is 5.73 Å². The number of nitrogens with two attached hydrogens (primary N) is 1. The molecule has 92 valence electrons. The first-order chi connectivity index (χ1) is 9.33. The lowest BCUT2D eigenvalue weighted by atomic mass is 10.1. The van der Waals surface area contributed by atoms with Crippen LogP contribution < -0.4 is 5.73 Å². The maximum absolute atomic E-state index is 5.79. The van der Waals surface area contributed by atoms with Gasteiger partial charge in [-0.25, -0.2) is 9.97 Å². The van der Waals surface area contributed by atoms with Gasteiger partial charge in [0.25, 0.3) is 0 Å². The second kappa shape index (κ2) is 4.86. The Morgan fingerprint density at radius 2 is 1.47 bits per heavy atom. The molecule has 0 unspecified atom stereocenters. The number of nitrogen functional groups attached to an aromatic ring is 1. The predicted octanol–water partition coefficient (Wildman–Crippen LogP) is 2.79. The summed E-state index contributed by atoms with van der Waals surface area (Å²) < 4.78 is 0. The topological polar surface area (TPSA) is 64.7 Å². The Bertz CT molecular complexity index is 623. The van der Waals surface area contributed by atoms with Gasteiger partial charge in [0.15, 0.2) is 0 Å². The summed E-state index contributed by atoms with van der Waals surface area (Å²) in [6.07, 6.45) is 3.49. The molecule has 3 rings (SSSR count). The Morgan fingerprint density at radius 3 is 2.16 bits per heavy atom. The summed E-state index contributed by atoms with van der Waals surface area (Å²) in [7, 11) is 0. The van der Waals surface area contributed by atoms with Gasteiger partial charge in [-0.3, -0.25) is 4.98 Å². The van der Waals surface area contributed by atoms with Crippen LogP contribution in [0.25, 0.3) is 22.5 Å². The van der Waals surface area contributed by atoms with Gasteiger partial charge >= 0.3 is 0 Å². The third-order valence-corrected chi connectivity index (χ3v) is 2.77. The second-order valence-corrected chi connectivity index (χ2v) is 4.10. The van der Waals surface area contributed by atoms with Crippen LogP contribution in [0.1, 0.15) is 0 Å². The zero-order chi connectivity index (χ0) is 13.1. The molecule has 0 saturated heterocycles. The van der Waals surface area contributed by atoms with E-state index in [0.29, 0.717) is 0 Å². The minimum absolute atomic E-state index is 0.264. The molecule has 0 atom stereocenters. The lowest BCUT2D eigenvalue weighted by molar-refractivity contribution is 1.19. The summed E-state index contributed by atoms with van der Waals surface area (Å²) in [5.41, 5.74) is 9.32. The first-order valence-corrected chi connectivity index (χ1v) is 5.93. The summed E-state index contributed by atoms with van der Waals surface area (Å²) in [5, 5.41) is 0. The lowest BCUT2D eigenvalue weighted by Crippen LogP contribution is -1.98. The summed E-state index contributed by atoms with van der Waals surface area (Å²) >= 11 is 0. The fourth-order valence-electron chi connectivity index (χ4n) is 1.88. The maximum Gasteiger partial charge on any atom is 0.221 e. The maximum atomic E-state index is 5.79. The first kappa shape index (κ1) is 11.3. The molecular weight excluding hydrogens is 236 g/mol. The molecule has 0 amide bonds. The highest BCUT2D eigenvalue weighted by atomic mass is 15.0. The van der Waals surface area contributed by atoms with Gasteiger partial charge in [0.05, 0.1) is 11.4 Å². The molecule has 0 saturated carbocycles. The minimum Gasteiger partial charge on any atom is -0.368 e. The molecule has 1 aromatic carbocycles. The van der Waals surface area contributed by atoms with Gasteiger partial charge in [-0.15, -0.1) is 0 Å². The third-order valence-electron chi connectivity index (χ3n) is 2.77. The van der Waals surface area contributed by atoms with E-state index in [1.165, 1.54) is 0 Å². The van der Waals surface area contributed by atoms with E-state index < -0.39 is 0 Å². The molecule has 3 aromatic rings. The molecule has 0 aliphatic rings. The molecule has 4 heteroatoms. The van der Waals surface area contributed by atoms with Crippen LogP contribution in [0.3, 0.4) is 0 Å². The third kappa shape index (κ3) is 2.42. The van der Waals surface area contributed by atoms with Crippen LogP contribution in [0.5, 0.6) is 0 Å². The van der Waals surface area contributed by atoms with E-state index in [4.69, 9.17) is 5.73 Å². The molecular formula is C15H12N4. The van der Waals surface area contributed by atoms with Crippen molar-refractivity contribution in [3.05, 3.63) is 60.9 Å². The van der Waals surface area contributed by atoms with Crippen LogP contribution in [0, 0.1) is 0 Å². The highest BCUT2D eigenvalue weighted by Gasteiger charge is 2.06. The van der Waals surface area contributed by atoms with Crippen molar-refractivity contribution in [3.8, 4) is 22.5 Å². The highest BCUT2D eigenvalue weighted by molar-refractivity contribution is 5.68. The van der Waals surface area contributed by atoms with Crippen LogP contribution >= 0.6 is 0 Å². The van der Waals surface area contributed by atoms with Gasteiger partial charge in [-0.05, 0) is 18.2 Å². The number of nitrogens with zero attached hydrogens (tertiary/aromatic N) is 3. The average Bonchev–Trinajstić information content (AvgIpc) is 2.48. The van der Waals surface area contributed by atoms with E-state index in [9.17, 15) is 0 Å². The van der Waals surface area contributed by atoms with Crippen molar-refractivity contribution >= 4 is 5.95 Å². The van der Waals surface area contributed by atoms with Crippen LogP contribution in [-0.4, -0.2) is 15.0 Å². The summed E-state index contributed by atoms with van der Waals surface area (Å²) in [4.78, 5) is 12.6. The van der Waals surface area contributed by atoms with Gasteiger partial charge in [-0.2, -0.15) is 0 Å². The minimum atomic E-state index is 0.264. The van der Waals surface area contributed by atoms with E-state index in [0.717, 1.165) is 22.5 Å². The zero-order valence-corrected chi connectivity index (χ0v) is 10.2. The normalized spacial score (nSPS) is 10.3. The highest BCUT2D eigenvalue weighted by Crippen LogP contribution is 2.23. The second-order valence-electron chi connectivity index (χ2n) is 4.10. The monoisotopic (exact) mass is 248 g/mol. The van der Waals surface area contributed by atoms with Crippen LogP contribution in [0.4, 0.5) is 5.95 Å². The van der Waals surface area contributed by atoms with E-state index in [1.54, 1.807) is 12.4 Å². The largest absolute Gasteiger partial charge is 0.368 e. The molecule has 0 aliphatic heterocycles. The summed E-state index contributed by atoms with van der Waals surface area (Å²) in [6.45, 7) is 0. The standard InChI is InChI=1S/C15H12N4/c16-15-18-13(11-5-2-1-3-6-11)9-14(19-15)12-7-4-8-17-10-12/h1-10H,(H2,16,18,19). The number of aromatic nitrogens is 3. The van der Waals surface area contributed by atoms with Crippen molar-refractivity contribution in [1.82, 2.24) is 15.0 Å². The Labute approximate surface area is 111 Å². The first-order valence-electron chi connectivity index (χ1n) is 5.93. The molecule has 19 heavy (non-hydrogen) atoms. The molecule has 0 aliphatic carbocycles. The van der Waals surface area contributed by atoms with E-state index >= 15 is 0 Å². The van der Waals surface area contributed by atoms with Crippen LogP contribution in [-0.2, 0) is 0 Å². The fraction of sp³-hybridized carbons (Fsp3) is 0. The van der Waals surface area contributed by atoms with E-state index in [2.05, 4.69) is 15.0 Å². The van der Waals surface area contributed by atoms with Gasteiger partial charge < -0.3 is 5.73 Å². The molecule has 2 aromatic heterocycles. The molecule has 4 nitrogen and oxygen atoms in total. The molecule has 0 fully saturated rings. The van der Waals surface area contributed by atoms with Crippen molar-refractivity contribution in [1.29, 1.82) is 0 Å². The number of hydrogen-bond acceptors (Lipinski definition) is 4. The summed E-state index contributed by atoms with van der Waals surface area (Å²) in [5.74, 6) is 0.264. The van der Waals surface area contributed by atoms with Crippen LogP contribution in [0.2, 0.25) is 0 Å². The fourth-order valence-corrected chi connectivity index (χ4v) is 1.88. The van der Waals surface area contributed by atoms with Gasteiger partial charge in [0.2, 0.25) is 5.95 Å². The predicted molar refractivity (Wildman–Crippen MR) is 75.1 cm³/mol. The molecule has 0 radical (unpaired) electrons. The smallest absolute Gasteiger partial charge is 0.221 e. The molecule has 0 spiro atoms. The van der Waals surface area contributed by atoms with Crippen molar-refractivity contribution in [2.45, 2.75) is 0 Å². The quantitative estimate of drug-likeness (QED) is 0.757. The Balaban J connectivity index is 2.12. The van der Waals surface area contributed by atoms with E-state index in [-0.39, 0.29) is 5.95 Å². The molecule has 0 bridgehead atoms. The Kier molecular flexibility index (Phi) is 2.90. The number of pyridine rings is 1. The number of benzene rings is 1.